The number of benzene rings is 2. The first-order chi connectivity index (χ1) is 14.0. The number of nitrogens with zero attached hydrogens (tertiary/aromatic N) is 2. The van der Waals surface area contributed by atoms with E-state index in [1.165, 1.54) is 12.1 Å². The van der Waals surface area contributed by atoms with Crippen molar-refractivity contribution in [1.29, 1.82) is 0 Å². The van der Waals surface area contributed by atoms with Gasteiger partial charge in [0.15, 0.2) is 0 Å². The summed E-state index contributed by atoms with van der Waals surface area (Å²) in [6, 6.07) is 13.3. The van der Waals surface area contributed by atoms with Crippen molar-refractivity contribution in [1.82, 2.24) is 10.2 Å². The number of carbonyl (C=O) groups excluding carboxylic acids is 2. The van der Waals surface area contributed by atoms with Crippen molar-refractivity contribution < 1.29 is 14.0 Å². The first kappa shape index (κ1) is 21.1. The third kappa shape index (κ3) is 6.17. The van der Waals surface area contributed by atoms with E-state index in [4.69, 9.17) is 11.6 Å². The molecule has 0 radical (unpaired) electrons. The molecule has 29 heavy (non-hydrogen) atoms. The Morgan fingerprint density at radius 3 is 2.34 bits per heavy atom. The molecule has 0 unspecified atom stereocenters. The normalized spacial score (nSPS) is 14.5. The van der Waals surface area contributed by atoms with Crippen LogP contribution in [0.4, 0.5) is 15.8 Å². The standard InChI is InChI=1S/C21H24ClFN4O2/c22-18-4-1-2-5-19(18)25-21(29)20(28)24-10-3-11-26-12-14-27(15-13-26)17-8-6-16(23)7-9-17/h1-2,4-9H,3,10-15H2,(H,24,28)(H,25,29). The minimum atomic E-state index is -0.731. The van der Waals surface area contributed by atoms with Gasteiger partial charge in [0.2, 0.25) is 0 Å². The third-order valence-corrected chi connectivity index (χ3v) is 5.16. The van der Waals surface area contributed by atoms with Crippen LogP contribution in [0.3, 0.4) is 0 Å². The van der Waals surface area contributed by atoms with E-state index in [-0.39, 0.29) is 5.82 Å². The molecule has 6 nitrogen and oxygen atoms in total. The molecule has 1 fully saturated rings. The summed E-state index contributed by atoms with van der Waals surface area (Å²) in [4.78, 5) is 28.4. The van der Waals surface area contributed by atoms with Crippen LogP contribution in [0, 0.1) is 5.82 Å². The first-order valence-electron chi connectivity index (χ1n) is 9.59. The van der Waals surface area contributed by atoms with Gasteiger partial charge in [0.05, 0.1) is 10.7 Å². The highest BCUT2D eigenvalue weighted by Gasteiger charge is 2.18. The Morgan fingerprint density at radius 2 is 1.66 bits per heavy atom. The average Bonchev–Trinajstić information content (AvgIpc) is 2.74. The molecule has 0 aromatic heterocycles. The summed E-state index contributed by atoms with van der Waals surface area (Å²) in [5, 5.41) is 5.52. The Bertz CT molecular complexity index is 839. The van der Waals surface area contributed by atoms with Crippen molar-refractivity contribution >= 4 is 34.8 Å². The Hall–Kier alpha value is -2.64. The van der Waals surface area contributed by atoms with Gasteiger partial charge >= 0.3 is 11.8 Å². The fourth-order valence-corrected chi connectivity index (χ4v) is 3.39. The highest BCUT2D eigenvalue weighted by Crippen LogP contribution is 2.20. The summed E-state index contributed by atoms with van der Waals surface area (Å²) in [7, 11) is 0. The zero-order valence-corrected chi connectivity index (χ0v) is 16.8. The maximum atomic E-state index is 13.0. The number of halogens is 2. The fourth-order valence-electron chi connectivity index (χ4n) is 3.21. The van der Waals surface area contributed by atoms with Crippen molar-refractivity contribution in [3.63, 3.8) is 0 Å². The summed E-state index contributed by atoms with van der Waals surface area (Å²) in [6.07, 6.45) is 0.752. The number of rotatable bonds is 6. The van der Waals surface area contributed by atoms with E-state index < -0.39 is 11.8 Å². The van der Waals surface area contributed by atoms with Crippen LogP contribution in [0.2, 0.25) is 5.02 Å². The van der Waals surface area contributed by atoms with Crippen LogP contribution >= 0.6 is 11.6 Å². The predicted molar refractivity (Wildman–Crippen MR) is 113 cm³/mol. The fraction of sp³-hybridized carbons (Fsp3) is 0.333. The summed E-state index contributed by atoms with van der Waals surface area (Å²) < 4.78 is 13.0. The minimum Gasteiger partial charge on any atom is -0.369 e. The summed E-state index contributed by atoms with van der Waals surface area (Å²) >= 11 is 5.97. The number of anilines is 2. The lowest BCUT2D eigenvalue weighted by atomic mass is 10.2. The molecule has 0 bridgehead atoms. The summed E-state index contributed by atoms with van der Waals surface area (Å²) in [5.41, 5.74) is 1.44. The number of nitrogens with one attached hydrogen (secondary N) is 2. The van der Waals surface area contributed by atoms with Gasteiger partial charge in [-0.1, -0.05) is 23.7 Å². The molecular weight excluding hydrogens is 395 g/mol. The Labute approximate surface area is 174 Å². The SMILES string of the molecule is O=C(NCCCN1CCN(c2ccc(F)cc2)CC1)C(=O)Nc1ccccc1Cl. The van der Waals surface area contributed by atoms with E-state index in [0.717, 1.165) is 44.8 Å². The van der Waals surface area contributed by atoms with Crippen LogP contribution in [0.25, 0.3) is 0 Å². The van der Waals surface area contributed by atoms with Crippen molar-refractivity contribution in [2.75, 3.05) is 49.5 Å². The van der Waals surface area contributed by atoms with E-state index >= 15 is 0 Å². The number of hydrogen-bond donors (Lipinski definition) is 2. The molecular formula is C21H24ClFN4O2. The molecule has 0 saturated carbocycles. The summed E-state index contributed by atoms with van der Waals surface area (Å²) in [5.74, 6) is -1.63. The number of piperazine rings is 1. The van der Waals surface area contributed by atoms with E-state index in [2.05, 4.69) is 20.4 Å². The largest absolute Gasteiger partial charge is 0.369 e. The lowest BCUT2D eigenvalue weighted by molar-refractivity contribution is -0.136. The Kier molecular flexibility index (Phi) is 7.43. The van der Waals surface area contributed by atoms with Crippen LogP contribution in [-0.4, -0.2) is 56.0 Å². The third-order valence-electron chi connectivity index (χ3n) is 4.83. The van der Waals surface area contributed by atoms with Crippen molar-refractivity contribution in [3.05, 3.63) is 59.4 Å². The van der Waals surface area contributed by atoms with Crippen molar-refractivity contribution in [2.24, 2.45) is 0 Å². The molecule has 1 saturated heterocycles. The van der Waals surface area contributed by atoms with Gasteiger partial charge < -0.3 is 15.5 Å². The molecule has 0 spiro atoms. The Balaban J connectivity index is 1.32. The van der Waals surface area contributed by atoms with Gasteiger partial charge in [-0.25, -0.2) is 4.39 Å². The summed E-state index contributed by atoms with van der Waals surface area (Å²) in [6.45, 7) is 4.81. The van der Waals surface area contributed by atoms with Crippen molar-refractivity contribution in [2.45, 2.75) is 6.42 Å². The monoisotopic (exact) mass is 418 g/mol. The second kappa shape index (κ2) is 10.2. The Morgan fingerprint density at radius 1 is 0.966 bits per heavy atom. The molecule has 3 rings (SSSR count). The van der Waals surface area contributed by atoms with Gasteiger partial charge in [0.1, 0.15) is 5.82 Å². The predicted octanol–water partition coefficient (Wildman–Crippen LogP) is 2.75. The molecule has 0 atom stereocenters. The van der Waals surface area contributed by atoms with E-state index in [9.17, 15) is 14.0 Å². The number of amides is 2. The van der Waals surface area contributed by atoms with E-state index in [1.54, 1.807) is 36.4 Å². The van der Waals surface area contributed by atoms with Gasteiger partial charge in [0, 0.05) is 38.4 Å². The highest BCUT2D eigenvalue weighted by atomic mass is 35.5. The second-order valence-corrected chi connectivity index (χ2v) is 7.26. The van der Waals surface area contributed by atoms with Gasteiger partial charge in [-0.3, -0.25) is 14.5 Å². The number of hydrogen-bond acceptors (Lipinski definition) is 4. The van der Waals surface area contributed by atoms with Gasteiger partial charge in [-0.15, -0.1) is 0 Å². The number of carbonyl (C=O) groups is 2. The maximum Gasteiger partial charge on any atom is 0.313 e. The quantitative estimate of drug-likeness (QED) is 0.559. The first-order valence-corrected chi connectivity index (χ1v) is 9.97. The molecule has 154 valence electrons. The topological polar surface area (TPSA) is 64.7 Å². The molecule has 2 aromatic rings. The van der Waals surface area contributed by atoms with Crippen LogP contribution in [0.15, 0.2) is 48.5 Å². The maximum absolute atomic E-state index is 13.0. The van der Waals surface area contributed by atoms with Crippen LogP contribution in [0.5, 0.6) is 0 Å². The van der Waals surface area contributed by atoms with Gasteiger partial charge in [-0.2, -0.15) is 0 Å². The zero-order valence-electron chi connectivity index (χ0n) is 16.0. The lowest BCUT2D eigenvalue weighted by Gasteiger charge is -2.36. The van der Waals surface area contributed by atoms with E-state index in [0.29, 0.717) is 17.3 Å². The molecule has 8 heteroatoms. The van der Waals surface area contributed by atoms with E-state index in [1.807, 2.05) is 0 Å². The molecule has 1 aliphatic rings. The second-order valence-electron chi connectivity index (χ2n) is 6.85. The van der Waals surface area contributed by atoms with Crippen LogP contribution in [0.1, 0.15) is 6.42 Å². The molecule has 2 aromatic carbocycles. The van der Waals surface area contributed by atoms with Crippen molar-refractivity contribution in [3.8, 4) is 0 Å². The van der Waals surface area contributed by atoms with Crippen LogP contribution in [-0.2, 0) is 9.59 Å². The zero-order chi connectivity index (χ0) is 20.6. The number of para-hydroxylation sites is 1. The molecule has 2 N–H and O–H groups in total. The smallest absolute Gasteiger partial charge is 0.313 e. The minimum absolute atomic E-state index is 0.227. The molecule has 0 aliphatic carbocycles. The van der Waals surface area contributed by atoms with Gasteiger partial charge in [-0.05, 0) is 49.4 Å². The average molecular weight is 419 g/mol. The lowest BCUT2D eigenvalue weighted by Crippen LogP contribution is -2.47. The van der Waals surface area contributed by atoms with Crippen LogP contribution < -0.4 is 15.5 Å². The van der Waals surface area contributed by atoms with Gasteiger partial charge in [0.25, 0.3) is 0 Å². The highest BCUT2D eigenvalue weighted by molar-refractivity contribution is 6.41. The molecule has 1 heterocycles. The molecule has 2 amide bonds. The molecule has 1 aliphatic heterocycles.